The number of nitrogens with one attached hydrogen (secondary N) is 1. The number of rotatable bonds is 5. The molecule has 3 rings (SSSR count). The van der Waals surface area contributed by atoms with Crippen LogP contribution in [0.3, 0.4) is 0 Å². The van der Waals surface area contributed by atoms with Gasteiger partial charge in [-0.05, 0) is 31.2 Å². The Balaban J connectivity index is 1.73. The van der Waals surface area contributed by atoms with Gasteiger partial charge in [-0.3, -0.25) is 4.98 Å². The van der Waals surface area contributed by atoms with E-state index in [1.807, 2.05) is 6.92 Å². The molecule has 0 atom stereocenters. The average molecular weight is 365 g/mol. The largest absolute Gasteiger partial charge is 0.465 e. The molecule has 0 saturated carbocycles. The van der Waals surface area contributed by atoms with E-state index in [1.165, 1.54) is 17.8 Å². The van der Waals surface area contributed by atoms with Crippen molar-refractivity contribution >= 4 is 22.8 Å². The van der Waals surface area contributed by atoms with Crippen LogP contribution in [0.2, 0.25) is 0 Å². The predicted octanol–water partition coefficient (Wildman–Crippen LogP) is 5.18. The minimum atomic E-state index is -4.37. The lowest BCUT2D eigenvalue weighted by Gasteiger charge is -2.05. The molecule has 0 aliphatic heterocycles. The Morgan fingerprint density at radius 2 is 2.08 bits per heavy atom. The van der Waals surface area contributed by atoms with E-state index in [2.05, 4.69) is 15.0 Å². The molecule has 0 unspecified atom stereocenters. The first-order chi connectivity index (χ1) is 12.0. The number of H-pyrrole nitrogens is 1. The summed E-state index contributed by atoms with van der Waals surface area (Å²) in [6, 6.07) is 7.01. The fraction of sp³-hybridized carbons (Fsp3) is 0.176. The highest BCUT2D eigenvalue weighted by atomic mass is 32.2. The van der Waals surface area contributed by atoms with Crippen LogP contribution in [0.4, 0.5) is 13.2 Å². The minimum absolute atomic E-state index is 0.357. The van der Waals surface area contributed by atoms with E-state index in [1.54, 1.807) is 30.7 Å². The molecule has 2 heterocycles. The standard InChI is InChI=1S/C17H14F3N3OS/c1-2-7-24-13-5-6-21-12(9-13)10-25-16-22-14-4-3-11(17(18,19)20)8-15(14)23-16/h2-9H,10H2,1H3,(H,22,23)/b7-2+. The van der Waals surface area contributed by atoms with E-state index in [0.717, 1.165) is 17.8 Å². The highest BCUT2D eigenvalue weighted by Crippen LogP contribution is 2.32. The topological polar surface area (TPSA) is 50.8 Å². The number of benzene rings is 1. The average Bonchev–Trinajstić information content (AvgIpc) is 3.00. The summed E-state index contributed by atoms with van der Waals surface area (Å²) in [6.07, 6.45) is 0.620. The second-order valence-electron chi connectivity index (χ2n) is 5.13. The summed E-state index contributed by atoms with van der Waals surface area (Å²) in [5.41, 5.74) is 0.934. The Bertz CT molecular complexity index is 906. The van der Waals surface area contributed by atoms with E-state index >= 15 is 0 Å². The quantitative estimate of drug-likeness (QED) is 0.500. The highest BCUT2D eigenvalue weighted by Gasteiger charge is 2.30. The molecule has 1 aromatic carbocycles. The van der Waals surface area contributed by atoms with Crippen LogP contribution < -0.4 is 4.74 Å². The normalized spacial score (nSPS) is 12.2. The van der Waals surface area contributed by atoms with E-state index in [0.29, 0.717) is 27.7 Å². The Hall–Kier alpha value is -2.48. The number of alkyl halides is 3. The SMILES string of the molecule is C/C=C/Oc1ccnc(CSc2nc3ccc(C(F)(F)F)cc3[nH]2)c1. The smallest absolute Gasteiger partial charge is 0.416 e. The third-order valence-corrected chi connectivity index (χ3v) is 4.18. The van der Waals surface area contributed by atoms with Gasteiger partial charge < -0.3 is 9.72 Å². The molecule has 2 aromatic heterocycles. The van der Waals surface area contributed by atoms with Crippen LogP contribution in [-0.2, 0) is 11.9 Å². The number of aromatic nitrogens is 3. The van der Waals surface area contributed by atoms with Crippen LogP contribution in [0, 0.1) is 0 Å². The number of pyridine rings is 1. The maximum Gasteiger partial charge on any atom is 0.416 e. The molecule has 0 spiro atoms. The molecule has 0 bridgehead atoms. The van der Waals surface area contributed by atoms with Crippen molar-refractivity contribution in [1.29, 1.82) is 0 Å². The zero-order valence-corrected chi connectivity index (χ0v) is 14.0. The molecule has 0 radical (unpaired) electrons. The monoisotopic (exact) mass is 365 g/mol. The minimum Gasteiger partial charge on any atom is -0.465 e. The number of allylic oxidation sites excluding steroid dienone is 1. The molecule has 1 N–H and O–H groups in total. The fourth-order valence-electron chi connectivity index (χ4n) is 2.13. The first-order valence-corrected chi connectivity index (χ1v) is 8.37. The zero-order valence-electron chi connectivity index (χ0n) is 13.2. The lowest BCUT2D eigenvalue weighted by molar-refractivity contribution is -0.137. The maximum atomic E-state index is 12.8. The summed E-state index contributed by atoms with van der Waals surface area (Å²) in [5, 5.41) is 0.538. The summed E-state index contributed by atoms with van der Waals surface area (Å²) in [7, 11) is 0. The third-order valence-electron chi connectivity index (χ3n) is 3.27. The number of fused-ring (bicyclic) bond motifs is 1. The van der Waals surface area contributed by atoms with Gasteiger partial charge in [0.25, 0.3) is 0 Å². The molecule has 25 heavy (non-hydrogen) atoms. The van der Waals surface area contributed by atoms with Crippen LogP contribution >= 0.6 is 11.8 Å². The van der Waals surface area contributed by atoms with Crippen LogP contribution in [-0.4, -0.2) is 15.0 Å². The lowest BCUT2D eigenvalue weighted by atomic mass is 10.2. The molecule has 0 fully saturated rings. The highest BCUT2D eigenvalue weighted by molar-refractivity contribution is 7.98. The van der Waals surface area contributed by atoms with E-state index in [4.69, 9.17) is 4.74 Å². The molecule has 4 nitrogen and oxygen atoms in total. The molecule has 0 saturated heterocycles. The lowest BCUT2D eigenvalue weighted by Crippen LogP contribution is -2.04. The van der Waals surface area contributed by atoms with Gasteiger partial charge in [0.05, 0.1) is 28.6 Å². The van der Waals surface area contributed by atoms with Crippen molar-refractivity contribution in [3.63, 3.8) is 0 Å². The number of hydrogen-bond donors (Lipinski definition) is 1. The zero-order chi connectivity index (χ0) is 17.9. The molecule has 8 heteroatoms. The number of aromatic amines is 1. The van der Waals surface area contributed by atoms with Gasteiger partial charge in [-0.25, -0.2) is 4.98 Å². The van der Waals surface area contributed by atoms with E-state index in [-0.39, 0.29) is 0 Å². The van der Waals surface area contributed by atoms with E-state index in [9.17, 15) is 13.2 Å². The van der Waals surface area contributed by atoms with Crippen LogP contribution in [0.5, 0.6) is 5.75 Å². The van der Waals surface area contributed by atoms with Gasteiger partial charge in [0.1, 0.15) is 5.75 Å². The summed E-state index contributed by atoms with van der Waals surface area (Å²) in [5.74, 6) is 1.18. The Labute approximate surface area is 146 Å². The predicted molar refractivity (Wildman–Crippen MR) is 90.3 cm³/mol. The van der Waals surface area contributed by atoms with Crippen LogP contribution in [0.25, 0.3) is 11.0 Å². The molecule has 0 aliphatic rings. The van der Waals surface area contributed by atoms with Crippen molar-refractivity contribution in [1.82, 2.24) is 15.0 Å². The Morgan fingerprint density at radius 3 is 2.84 bits per heavy atom. The van der Waals surface area contributed by atoms with Gasteiger partial charge in [0.15, 0.2) is 5.16 Å². The number of thioether (sulfide) groups is 1. The number of halogens is 3. The van der Waals surface area contributed by atoms with Crippen molar-refractivity contribution in [2.45, 2.75) is 24.0 Å². The first-order valence-electron chi connectivity index (χ1n) is 7.38. The molecule has 130 valence electrons. The molecule has 0 amide bonds. The van der Waals surface area contributed by atoms with Gasteiger partial charge in [-0.1, -0.05) is 17.8 Å². The van der Waals surface area contributed by atoms with Crippen molar-refractivity contribution in [2.24, 2.45) is 0 Å². The summed E-state index contributed by atoms with van der Waals surface area (Å²) < 4.78 is 43.6. The van der Waals surface area contributed by atoms with Gasteiger partial charge in [0.2, 0.25) is 0 Å². The Morgan fingerprint density at radius 1 is 1.24 bits per heavy atom. The number of ether oxygens (including phenoxy) is 1. The van der Waals surface area contributed by atoms with Crippen molar-refractivity contribution in [2.75, 3.05) is 0 Å². The van der Waals surface area contributed by atoms with Gasteiger partial charge >= 0.3 is 6.18 Å². The van der Waals surface area contributed by atoms with E-state index < -0.39 is 11.7 Å². The first kappa shape index (κ1) is 17.3. The maximum absolute atomic E-state index is 12.8. The number of imidazole rings is 1. The van der Waals surface area contributed by atoms with Gasteiger partial charge in [-0.2, -0.15) is 13.2 Å². The third kappa shape index (κ3) is 4.33. The summed E-state index contributed by atoms with van der Waals surface area (Å²) in [4.78, 5) is 11.4. The summed E-state index contributed by atoms with van der Waals surface area (Å²) >= 11 is 1.36. The van der Waals surface area contributed by atoms with Crippen LogP contribution in [0.1, 0.15) is 18.2 Å². The van der Waals surface area contributed by atoms with Crippen molar-refractivity contribution in [3.05, 3.63) is 60.1 Å². The molecular weight excluding hydrogens is 351 g/mol. The molecule has 0 aliphatic carbocycles. The fourth-order valence-corrected chi connectivity index (χ4v) is 2.92. The second-order valence-corrected chi connectivity index (χ2v) is 6.09. The second kappa shape index (κ2) is 7.18. The van der Waals surface area contributed by atoms with Crippen molar-refractivity contribution in [3.8, 4) is 5.75 Å². The number of hydrogen-bond acceptors (Lipinski definition) is 4. The molecule has 3 aromatic rings. The Kier molecular flexibility index (Phi) is 4.98. The van der Waals surface area contributed by atoms with Crippen molar-refractivity contribution < 1.29 is 17.9 Å². The van der Waals surface area contributed by atoms with Gasteiger partial charge in [0, 0.05) is 18.0 Å². The number of nitrogens with zero attached hydrogens (tertiary/aromatic N) is 2. The van der Waals surface area contributed by atoms with Gasteiger partial charge in [-0.15, -0.1) is 0 Å². The summed E-state index contributed by atoms with van der Waals surface area (Å²) in [6.45, 7) is 1.85. The van der Waals surface area contributed by atoms with Crippen LogP contribution in [0.15, 0.2) is 54.0 Å². The molecular formula is C17H14F3N3OS.